The lowest BCUT2D eigenvalue weighted by Gasteiger charge is -2.04. The van der Waals surface area contributed by atoms with Gasteiger partial charge in [-0.1, -0.05) is 23.9 Å². The lowest BCUT2D eigenvalue weighted by atomic mass is 10.1. The Kier molecular flexibility index (Phi) is 4.11. The van der Waals surface area contributed by atoms with Gasteiger partial charge in [-0.05, 0) is 17.7 Å². The number of benzene rings is 1. The summed E-state index contributed by atoms with van der Waals surface area (Å²) in [5.74, 6) is 6.00. The number of nitrogens with one attached hydrogen (secondary N) is 1. The van der Waals surface area contributed by atoms with Gasteiger partial charge in [0, 0.05) is 5.69 Å². The van der Waals surface area contributed by atoms with Crippen LogP contribution in [0.15, 0.2) is 35.7 Å². The maximum absolute atomic E-state index is 12.0. The number of hydrogen-bond acceptors (Lipinski definition) is 7. The van der Waals surface area contributed by atoms with Gasteiger partial charge in [0.25, 0.3) is 5.78 Å². The molecule has 0 fully saturated rings. The van der Waals surface area contributed by atoms with Crippen molar-refractivity contribution >= 4 is 29.1 Å². The van der Waals surface area contributed by atoms with Crippen molar-refractivity contribution in [1.29, 1.82) is 5.26 Å². The number of amides is 1. The fourth-order valence-corrected chi connectivity index (χ4v) is 2.58. The lowest BCUT2D eigenvalue weighted by Crippen LogP contribution is -2.14. The molecule has 0 radical (unpaired) electrons. The molecule has 1 aromatic carbocycles. The fraction of sp³-hybridized carbons (Fsp3) is 0.154. The van der Waals surface area contributed by atoms with Crippen LogP contribution in [-0.4, -0.2) is 36.1 Å². The van der Waals surface area contributed by atoms with Crippen LogP contribution < -0.4 is 11.2 Å². The number of anilines is 1. The number of nitriles is 1. The molecule has 0 saturated carbocycles. The number of fused-ring (bicyclic) bond motifs is 1. The van der Waals surface area contributed by atoms with Gasteiger partial charge in [0.05, 0.1) is 18.2 Å². The summed E-state index contributed by atoms with van der Waals surface area (Å²) >= 11 is 1.21. The van der Waals surface area contributed by atoms with E-state index in [1.165, 1.54) is 27.3 Å². The van der Waals surface area contributed by atoms with Crippen molar-refractivity contribution in [2.75, 3.05) is 16.9 Å². The summed E-state index contributed by atoms with van der Waals surface area (Å²) in [4.78, 5) is 12.0. The second-order valence-corrected chi connectivity index (χ2v) is 5.54. The minimum absolute atomic E-state index is 0.165. The third-order valence-corrected chi connectivity index (χ3v) is 3.89. The summed E-state index contributed by atoms with van der Waals surface area (Å²) in [5, 5.41) is 23.7. The summed E-state index contributed by atoms with van der Waals surface area (Å²) in [6.07, 6.45) is 1.76. The number of nitrogens with zero attached hydrogens (tertiary/aromatic N) is 6. The van der Waals surface area contributed by atoms with Crippen molar-refractivity contribution in [3.8, 4) is 6.07 Å². The van der Waals surface area contributed by atoms with E-state index in [1.807, 2.05) is 12.1 Å². The summed E-state index contributed by atoms with van der Waals surface area (Å²) in [5.41, 5.74) is 1.58. The largest absolute Gasteiger partial charge is 0.335 e. The van der Waals surface area contributed by atoms with E-state index in [1.54, 1.807) is 12.1 Å². The van der Waals surface area contributed by atoms with E-state index in [4.69, 9.17) is 11.1 Å². The number of carbonyl (C=O) groups excluding carboxylic acids is 1. The topological polar surface area (TPSA) is 127 Å². The zero-order valence-electron chi connectivity index (χ0n) is 11.9. The number of rotatable bonds is 5. The minimum Gasteiger partial charge on any atom is -0.335 e. The Morgan fingerprint density at radius 1 is 1.35 bits per heavy atom. The zero-order chi connectivity index (χ0) is 16.2. The van der Waals surface area contributed by atoms with Crippen molar-refractivity contribution in [3.63, 3.8) is 0 Å². The standard InChI is InChI=1S/C13H12N8OS/c14-6-5-9-1-3-10(4-2-9)17-11(22)7-23-13-19-18-12-20(15)8-16-21(12)13/h1-4,8H,5,7,15H2,(H,17,22). The first-order valence-electron chi connectivity index (χ1n) is 6.60. The third kappa shape index (κ3) is 3.24. The van der Waals surface area contributed by atoms with Crippen LogP contribution in [0, 0.1) is 11.3 Å². The van der Waals surface area contributed by atoms with Crippen LogP contribution >= 0.6 is 11.8 Å². The van der Waals surface area contributed by atoms with E-state index in [0.29, 0.717) is 23.0 Å². The number of carbonyl (C=O) groups is 1. The van der Waals surface area contributed by atoms with Crippen LogP contribution in [0.1, 0.15) is 5.56 Å². The predicted octanol–water partition coefficient (Wildman–Crippen LogP) is 0.436. The van der Waals surface area contributed by atoms with Gasteiger partial charge < -0.3 is 11.2 Å². The monoisotopic (exact) mass is 328 g/mol. The van der Waals surface area contributed by atoms with Crippen LogP contribution in [0.25, 0.3) is 5.78 Å². The Balaban J connectivity index is 1.58. The molecule has 1 amide bonds. The predicted molar refractivity (Wildman–Crippen MR) is 84.0 cm³/mol. The molecular weight excluding hydrogens is 316 g/mol. The van der Waals surface area contributed by atoms with E-state index < -0.39 is 0 Å². The van der Waals surface area contributed by atoms with Crippen molar-refractivity contribution in [1.82, 2.24) is 24.5 Å². The first-order chi connectivity index (χ1) is 11.2. The highest BCUT2D eigenvalue weighted by Gasteiger charge is 2.12. The summed E-state index contributed by atoms with van der Waals surface area (Å²) < 4.78 is 2.72. The summed E-state index contributed by atoms with van der Waals surface area (Å²) in [7, 11) is 0. The second-order valence-electron chi connectivity index (χ2n) is 4.60. The van der Waals surface area contributed by atoms with Crippen molar-refractivity contribution in [2.24, 2.45) is 0 Å². The van der Waals surface area contributed by atoms with Crippen LogP contribution in [0.2, 0.25) is 0 Å². The lowest BCUT2D eigenvalue weighted by molar-refractivity contribution is -0.113. The molecule has 0 spiro atoms. The SMILES string of the molecule is N#CCc1ccc(NC(=O)CSc2nnc3n(N)cnn23)cc1. The molecule has 0 aliphatic rings. The maximum Gasteiger partial charge on any atom is 0.273 e. The molecule has 0 aliphatic carbocycles. The number of hydrogen-bond donors (Lipinski definition) is 2. The molecule has 3 N–H and O–H groups in total. The molecule has 9 nitrogen and oxygen atoms in total. The van der Waals surface area contributed by atoms with Crippen LogP contribution in [0.3, 0.4) is 0 Å². The van der Waals surface area contributed by atoms with E-state index in [-0.39, 0.29) is 11.7 Å². The molecule has 2 heterocycles. The molecular formula is C13H12N8OS. The van der Waals surface area contributed by atoms with Crippen molar-refractivity contribution in [3.05, 3.63) is 36.2 Å². The van der Waals surface area contributed by atoms with Crippen LogP contribution in [0.4, 0.5) is 5.69 Å². The molecule has 0 atom stereocenters. The fourth-order valence-electron chi connectivity index (χ4n) is 1.89. The Morgan fingerprint density at radius 3 is 2.87 bits per heavy atom. The molecule has 0 bridgehead atoms. The first kappa shape index (κ1) is 14.9. The van der Waals surface area contributed by atoms with Gasteiger partial charge in [0.1, 0.15) is 6.33 Å². The Labute approximate surface area is 135 Å². The summed E-state index contributed by atoms with van der Waals surface area (Å²) in [6.45, 7) is 0. The molecule has 23 heavy (non-hydrogen) atoms. The first-order valence-corrected chi connectivity index (χ1v) is 7.58. The highest BCUT2D eigenvalue weighted by atomic mass is 32.2. The molecule has 3 aromatic rings. The normalized spacial score (nSPS) is 10.6. The molecule has 0 saturated heterocycles. The van der Waals surface area contributed by atoms with Crippen molar-refractivity contribution in [2.45, 2.75) is 11.6 Å². The maximum atomic E-state index is 12.0. The number of thioether (sulfide) groups is 1. The molecule has 2 aromatic heterocycles. The molecule has 0 aliphatic heterocycles. The van der Waals surface area contributed by atoms with Crippen LogP contribution in [-0.2, 0) is 11.2 Å². The van der Waals surface area contributed by atoms with E-state index in [0.717, 1.165) is 5.56 Å². The minimum atomic E-state index is -0.174. The van der Waals surface area contributed by atoms with Gasteiger partial charge in [-0.2, -0.15) is 14.9 Å². The van der Waals surface area contributed by atoms with Gasteiger partial charge in [-0.25, -0.2) is 4.68 Å². The highest BCUT2D eigenvalue weighted by molar-refractivity contribution is 7.99. The van der Waals surface area contributed by atoms with E-state index >= 15 is 0 Å². The summed E-state index contributed by atoms with van der Waals surface area (Å²) in [6, 6.07) is 9.22. The molecule has 10 heteroatoms. The van der Waals surface area contributed by atoms with Gasteiger partial charge in [0.15, 0.2) is 0 Å². The smallest absolute Gasteiger partial charge is 0.273 e. The van der Waals surface area contributed by atoms with E-state index in [9.17, 15) is 4.79 Å². The highest BCUT2D eigenvalue weighted by Crippen LogP contribution is 2.16. The number of nitrogen functional groups attached to an aromatic ring is 1. The average Bonchev–Trinajstić information content (AvgIpc) is 3.11. The third-order valence-electron chi connectivity index (χ3n) is 2.97. The Bertz CT molecular complexity index is 876. The Hall–Kier alpha value is -3.06. The Morgan fingerprint density at radius 2 is 2.13 bits per heavy atom. The number of aromatic nitrogens is 5. The van der Waals surface area contributed by atoms with E-state index in [2.05, 4.69) is 26.7 Å². The second kappa shape index (κ2) is 6.37. The molecule has 3 rings (SSSR count). The van der Waals surface area contributed by atoms with Crippen LogP contribution in [0.5, 0.6) is 0 Å². The number of nitrogens with two attached hydrogens (primary N) is 1. The quantitative estimate of drug-likeness (QED) is 0.514. The zero-order valence-corrected chi connectivity index (χ0v) is 12.7. The van der Waals surface area contributed by atoms with Gasteiger partial charge >= 0.3 is 0 Å². The van der Waals surface area contributed by atoms with Gasteiger partial charge in [-0.3, -0.25) is 4.79 Å². The van der Waals surface area contributed by atoms with Crippen molar-refractivity contribution < 1.29 is 4.79 Å². The molecule has 116 valence electrons. The van der Waals surface area contributed by atoms with Gasteiger partial charge in [-0.15, -0.1) is 10.2 Å². The average molecular weight is 328 g/mol. The molecule has 0 unspecified atom stereocenters. The van der Waals surface area contributed by atoms with Gasteiger partial charge in [0.2, 0.25) is 11.1 Å².